The topological polar surface area (TPSA) is 20.1 Å². The van der Waals surface area contributed by atoms with Gasteiger partial charge in [-0.1, -0.05) is 32.1 Å². The van der Waals surface area contributed by atoms with E-state index < -0.39 is 0 Å². The third-order valence-electron chi connectivity index (χ3n) is 6.16. The smallest absolute Gasteiger partial charge is 0.257 e. The van der Waals surface area contributed by atoms with Gasteiger partial charge in [-0.15, -0.1) is 6.58 Å². The Bertz CT molecular complexity index is 904. The first kappa shape index (κ1) is 14.3. The Balaban J connectivity index is 2.10. The van der Waals surface area contributed by atoms with Gasteiger partial charge in [-0.2, -0.15) is 0 Å². The number of aromatic amines is 1. The van der Waals surface area contributed by atoms with E-state index in [1.54, 1.807) is 0 Å². The van der Waals surface area contributed by atoms with E-state index in [1.807, 2.05) is 6.08 Å². The van der Waals surface area contributed by atoms with Crippen molar-refractivity contribution in [2.45, 2.75) is 45.1 Å². The Morgan fingerprint density at radius 3 is 2.83 bits per heavy atom. The van der Waals surface area contributed by atoms with E-state index in [1.165, 1.54) is 33.2 Å². The van der Waals surface area contributed by atoms with E-state index >= 15 is 0 Å². The molecule has 0 amide bonds. The van der Waals surface area contributed by atoms with Gasteiger partial charge in [-0.3, -0.25) is 0 Å². The van der Waals surface area contributed by atoms with Crippen LogP contribution < -0.4 is 0 Å². The molecule has 2 aliphatic rings. The lowest BCUT2D eigenvalue weighted by atomic mass is 9.59. The fraction of sp³-hybridized carbons (Fsp3) is 0.381. The summed E-state index contributed by atoms with van der Waals surface area (Å²) in [6.45, 7) is 18.7. The van der Waals surface area contributed by atoms with Crippen molar-refractivity contribution in [3.05, 3.63) is 65.2 Å². The highest BCUT2D eigenvalue weighted by molar-refractivity contribution is 6.01. The molecule has 4 rings (SSSR count). The number of H-pyrrole nitrogens is 1. The lowest BCUT2D eigenvalue weighted by Crippen LogP contribution is -2.38. The Hall–Kier alpha value is -2.27. The minimum atomic E-state index is -0.146. The number of nitrogens with one attached hydrogen (secondary N) is 1. The van der Waals surface area contributed by atoms with E-state index in [2.05, 4.69) is 61.6 Å². The number of nitrogens with zero attached hydrogens (tertiary/aromatic N) is 1. The average molecular weight is 302 g/mol. The predicted octanol–water partition coefficient (Wildman–Crippen LogP) is 5.49. The molecule has 0 spiro atoms. The molecular weight excluding hydrogens is 280 g/mol. The highest BCUT2D eigenvalue weighted by atomic mass is 14.8. The van der Waals surface area contributed by atoms with Crippen molar-refractivity contribution in [2.75, 3.05) is 0 Å². The van der Waals surface area contributed by atoms with Gasteiger partial charge in [0.25, 0.3) is 6.04 Å². The summed E-state index contributed by atoms with van der Waals surface area (Å²) >= 11 is 0. The van der Waals surface area contributed by atoms with Crippen LogP contribution in [0.1, 0.15) is 44.7 Å². The number of hydrogen-bond acceptors (Lipinski definition) is 0. The highest BCUT2D eigenvalue weighted by Crippen LogP contribution is 2.56. The second kappa shape index (κ2) is 4.38. The third-order valence-corrected chi connectivity index (χ3v) is 6.16. The van der Waals surface area contributed by atoms with Crippen LogP contribution in [0.15, 0.2) is 42.6 Å². The molecule has 2 atom stereocenters. The van der Waals surface area contributed by atoms with Gasteiger partial charge in [0.15, 0.2) is 0 Å². The maximum Gasteiger partial charge on any atom is 0.257 e. The summed E-state index contributed by atoms with van der Waals surface area (Å²) in [5, 5.41) is 1.30. The van der Waals surface area contributed by atoms with Crippen LogP contribution in [0, 0.1) is 12.0 Å². The van der Waals surface area contributed by atoms with Crippen molar-refractivity contribution < 1.29 is 0 Å². The zero-order chi connectivity index (χ0) is 16.4. The van der Waals surface area contributed by atoms with E-state index in [0.717, 1.165) is 12.8 Å². The summed E-state index contributed by atoms with van der Waals surface area (Å²) in [7, 11) is 0. The quantitative estimate of drug-likeness (QED) is 0.531. The molecule has 2 nitrogen and oxygen atoms in total. The maximum atomic E-state index is 7.87. The number of hydrogen-bond donors (Lipinski definition) is 1. The molecule has 0 saturated carbocycles. The van der Waals surface area contributed by atoms with Crippen LogP contribution in [0.4, 0.5) is 0 Å². The van der Waals surface area contributed by atoms with Crippen LogP contribution in [-0.4, -0.2) is 11.0 Å². The van der Waals surface area contributed by atoms with E-state index in [9.17, 15) is 0 Å². The minimum Gasteiger partial charge on any atom is -0.361 e. The molecule has 0 radical (unpaired) electrons. The van der Waals surface area contributed by atoms with Gasteiger partial charge in [-0.05, 0) is 37.0 Å². The van der Waals surface area contributed by atoms with Gasteiger partial charge in [0.2, 0.25) is 0 Å². The van der Waals surface area contributed by atoms with Gasteiger partial charge in [-0.25, -0.2) is 6.57 Å². The molecule has 2 aliphatic carbocycles. The predicted molar refractivity (Wildman–Crippen MR) is 96.2 cm³/mol. The zero-order valence-electron chi connectivity index (χ0n) is 14.0. The average Bonchev–Trinajstić information content (AvgIpc) is 2.97. The molecule has 0 bridgehead atoms. The second-order valence-corrected chi connectivity index (χ2v) is 7.69. The summed E-state index contributed by atoms with van der Waals surface area (Å²) in [4.78, 5) is 7.49. The fourth-order valence-electron chi connectivity index (χ4n) is 4.63. The fourth-order valence-corrected chi connectivity index (χ4v) is 4.63. The maximum absolute atomic E-state index is 7.87. The zero-order valence-corrected chi connectivity index (χ0v) is 14.0. The van der Waals surface area contributed by atoms with E-state index in [0.29, 0.717) is 0 Å². The van der Waals surface area contributed by atoms with Crippen molar-refractivity contribution in [1.29, 1.82) is 0 Å². The van der Waals surface area contributed by atoms with E-state index in [4.69, 9.17) is 6.57 Å². The first-order valence-corrected chi connectivity index (χ1v) is 8.28. The summed E-state index contributed by atoms with van der Waals surface area (Å²) in [6.07, 6.45) is 6.14. The van der Waals surface area contributed by atoms with Crippen molar-refractivity contribution in [3.8, 4) is 0 Å². The van der Waals surface area contributed by atoms with Crippen LogP contribution in [0.5, 0.6) is 0 Å². The Morgan fingerprint density at radius 2 is 2.13 bits per heavy atom. The number of fused-ring (bicyclic) bond motifs is 1. The summed E-state index contributed by atoms with van der Waals surface area (Å²) in [6, 6.07) is 6.37. The molecule has 0 aliphatic heterocycles. The molecule has 1 heterocycles. The molecule has 0 fully saturated rings. The Kier molecular flexibility index (Phi) is 2.73. The van der Waals surface area contributed by atoms with Crippen molar-refractivity contribution >= 4 is 16.5 Å². The van der Waals surface area contributed by atoms with Gasteiger partial charge in [0.05, 0.1) is 5.41 Å². The number of aromatic nitrogens is 1. The lowest BCUT2D eigenvalue weighted by molar-refractivity contribution is 0.355. The second-order valence-electron chi connectivity index (χ2n) is 7.69. The minimum absolute atomic E-state index is 0.0184. The van der Waals surface area contributed by atoms with Crippen molar-refractivity contribution in [3.63, 3.8) is 0 Å². The third kappa shape index (κ3) is 1.63. The standard InChI is InChI=1S/C21H22N2/c1-6-21(4)11-10-15-18(19(21)22-5)13-12-23-16-9-7-8-14(17(13)16)20(15,2)3/h6-9,12,19,23H,1,10-11H2,2-4H3/t19-,21+/m1/s1. The number of allylic oxidation sites excluding steroid dienone is 1. The first-order valence-electron chi connectivity index (χ1n) is 8.28. The van der Waals surface area contributed by atoms with Crippen LogP contribution in [0.25, 0.3) is 21.3 Å². The van der Waals surface area contributed by atoms with Crippen LogP contribution in [0.2, 0.25) is 0 Å². The molecule has 2 aromatic rings. The van der Waals surface area contributed by atoms with Gasteiger partial charge in [0.1, 0.15) is 0 Å². The van der Waals surface area contributed by atoms with E-state index in [-0.39, 0.29) is 16.9 Å². The largest absolute Gasteiger partial charge is 0.361 e. The summed E-state index contributed by atoms with van der Waals surface area (Å²) in [5.41, 5.74) is 6.32. The SMILES string of the molecule is [C-]#[N+][C@@H]1C2=C(CC[C@]1(C)C=C)C(C)(C)c1cccc3[nH]cc2c13. The molecule has 2 heteroatoms. The van der Waals surface area contributed by atoms with Gasteiger partial charge in [0, 0.05) is 33.7 Å². The Labute approximate surface area is 137 Å². The lowest BCUT2D eigenvalue weighted by Gasteiger charge is -2.43. The summed E-state index contributed by atoms with van der Waals surface area (Å²) in [5.74, 6) is 0. The molecule has 116 valence electrons. The molecule has 0 saturated heterocycles. The van der Waals surface area contributed by atoms with Crippen LogP contribution in [-0.2, 0) is 5.41 Å². The molecular formula is C21H22N2. The van der Waals surface area contributed by atoms with Crippen molar-refractivity contribution in [1.82, 2.24) is 4.98 Å². The van der Waals surface area contributed by atoms with Crippen LogP contribution >= 0.6 is 0 Å². The monoisotopic (exact) mass is 302 g/mol. The number of benzene rings is 1. The summed E-state index contributed by atoms with van der Waals surface area (Å²) < 4.78 is 0. The number of rotatable bonds is 1. The van der Waals surface area contributed by atoms with Crippen molar-refractivity contribution in [2.24, 2.45) is 5.41 Å². The Morgan fingerprint density at radius 1 is 1.35 bits per heavy atom. The molecule has 1 aromatic heterocycles. The first-order chi connectivity index (χ1) is 10.9. The normalized spacial score (nSPS) is 28.3. The highest BCUT2D eigenvalue weighted by Gasteiger charge is 2.50. The van der Waals surface area contributed by atoms with Gasteiger partial charge >= 0.3 is 0 Å². The molecule has 1 aromatic carbocycles. The molecule has 0 unspecified atom stereocenters. The van der Waals surface area contributed by atoms with Crippen LogP contribution in [0.3, 0.4) is 0 Å². The molecule has 23 heavy (non-hydrogen) atoms. The molecule has 1 N–H and O–H groups in total. The van der Waals surface area contributed by atoms with Gasteiger partial charge < -0.3 is 9.83 Å².